The number of amides is 1. The molecule has 0 atom stereocenters. The van der Waals surface area contributed by atoms with E-state index in [0.29, 0.717) is 36.4 Å². The van der Waals surface area contributed by atoms with Crippen molar-refractivity contribution in [3.05, 3.63) is 98.7 Å². The smallest absolute Gasteiger partial charge is 0.338 e. The first-order valence-electron chi connectivity index (χ1n) is 15.0. The summed E-state index contributed by atoms with van der Waals surface area (Å²) in [6.45, 7) is 10.6. The third-order valence-electron chi connectivity index (χ3n) is 7.95. The number of aryl methyl sites for hydroxylation is 5. The summed E-state index contributed by atoms with van der Waals surface area (Å²) in [7, 11) is 1.93. The molecule has 9 nitrogen and oxygen atoms in total. The maximum Gasteiger partial charge on any atom is 0.338 e. The minimum atomic E-state index is -0.426. The molecule has 2 aromatic carbocycles. The van der Waals surface area contributed by atoms with Gasteiger partial charge in [-0.2, -0.15) is 5.10 Å². The minimum Gasteiger partial charge on any atom is -0.494 e. The van der Waals surface area contributed by atoms with Crippen LogP contribution in [0.2, 0.25) is 5.02 Å². The number of pyridine rings is 1. The van der Waals surface area contributed by atoms with Gasteiger partial charge in [0.2, 0.25) is 0 Å². The second-order valence-corrected chi connectivity index (χ2v) is 11.5. The van der Waals surface area contributed by atoms with Gasteiger partial charge >= 0.3 is 5.97 Å². The van der Waals surface area contributed by atoms with Gasteiger partial charge in [0.05, 0.1) is 42.2 Å². The molecular weight excluding hydrogens is 590 g/mol. The van der Waals surface area contributed by atoms with Crippen LogP contribution in [0.15, 0.2) is 48.7 Å². The highest BCUT2D eigenvalue weighted by molar-refractivity contribution is 6.32. The lowest BCUT2D eigenvalue weighted by atomic mass is 9.98. The zero-order valence-corrected chi connectivity index (χ0v) is 27.3. The van der Waals surface area contributed by atoms with Crippen molar-refractivity contribution in [1.82, 2.24) is 25.1 Å². The summed E-state index contributed by atoms with van der Waals surface area (Å²) in [5.74, 6) is 0.0821. The van der Waals surface area contributed by atoms with E-state index in [9.17, 15) is 9.59 Å². The Morgan fingerprint density at radius 1 is 1.07 bits per heavy atom. The molecule has 5 aromatic rings. The Morgan fingerprint density at radius 2 is 1.82 bits per heavy atom. The molecule has 5 rings (SSSR count). The van der Waals surface area contributed by atoms with E-state index in [1.165, 1.54) is 6.20 Å². The van der Waals surface area contributed by atoms with E-state index < -0.39 is 5.97 Å². The molecule has 0 saturated heterocycles. The highest BCUT2D eigenvalue weighted by Crippen LogP contribution is 2.35. The number of hydrogen-bond donors (Lipinski definition) is 2. The van der Waals surface area contributed by atoms with E-state index >= 15 is 0 Å². The number of H-pyrrole nitrogens is 1. The molecule has 0 aliphatic heterocycles. The van der Waals surface area contributed by atoms with Crippen LogP contribution in [0.1, 0.15) is 68.0 Å². The average Bonchev–Trinajstić information content (AvgIpc) is 3.52. The first kappa shape index (κ1) is 31.8. The lowest BCUT2D eigenvalue weighted by molar-refractivity contribution is 0.0526. The summed E-state index contributed by atoms with van der Waals surface area (Å²) in [5, 5.41) is 9.33. The van der Waals surface area contributed by atoms with Crippen molar-refractivity contribution in [3.8, 4) is 16.9 Å². The molecule has 0 radical (unpaired) electrons. The Hall–Kier alpha value is -4.63. The van der Waals surface area contributed by atoms with Crippen LogP contribution in [0, 0.1) is 27.7 Å². The average molecular weight is 628 g/mol. The topological polar surface area (TPSA) is 111 Å². The molecule has 0 aliphatic carbocycles. The molecule has 10 heteroatoms. The Balaban J connectivity index is 1.43. The largest absolute Gasteiger partial charge is 0.494 e. The van der Waals surface area contributed by atoms with Gasteiger partial charge in [0.1, 0.15) is 11.4 Å². The van der Waals surface area contributed by atoms with Crippen LogP contribution in [0.3, 0.4) is 0 Å². The Kier molecular flexibility index (Phi) is 9.58. The summed E-state index contributed by atoms with van der Waals surface area (Å²) in [6, 6.07) is 13.2. The standard InChI is InChI=1S/C35H38ClN5O4/c1-7-44-35(43)24-13-14-37-25(18-24)19-38-34(42)33-28(12-9-15-45-26-16-20(2)31(36)21(3)17-26)27-10-8-11-29(32(27)39-33)30-22(4)40-41(6)23(30)5/h8,10-11,13-14,16-18,39H,7,9,12,15,19H2,1-6H3,(H,38,42). The number of benzene rings is 2. The third kappa shape index (κ3) is 6.73. The van der Waals surface area contributed by atoms with Crippen molar-refractivity contribution in [2.45, 2.75) is 54.0 Å². The first-order valence-corrected chi connectivity index (χ1v) is 15.4. The van der Waals surface area contributed by atoms with Crippen LogP contribution in [0.25, 0.3) is 22.0 Å². The van der Waals surface area contributed by atoms with Crippen molar-refractivity contribution in [3.63, 3.8) is 0 Å². The van der Waals surface area contributed by atoms with Crippen molar-refractivity contribution < 1.29 is 19.1 Å². The molecular formula is C35H38ClN5O4. The van der Waals surface area contributed by atoms with Gasteiger partial charge in [-0.15, -0.1) is 0 Å². The predicted octanol–water partition coefficient (Wildman–Crippen LogP) is 6.97. The Labute approximate surface area is 267 Å². The normalized spacial score (nSPS) is 11.2. The summed E-state index contributed by atoms with van der Waals surface area (Å²) in [4.78, 5) is 33.7. The summed E-state index contributed by atoms with van der Waals surface area (Å²) in [5.41, 5.74) is 9.13. The van der Waals surface area contributed by atoms with Gasteiger partial charge < -0.3 is 19.8 Å². The van der Waals surface area contributed by atoms with Gasteiger partial charge in [-0.05, 0) is 88.4 Å². The number of halogens is 1. The number of carbonyl (C=O) groups is 2. The number of nitrogens with zero attached hydrogens (tertiary/aromatic N) is 3. The van der Waals surface area contributed by atoms with Gasteiger partial charge in [-0.3, -0.25) is 14.5 Å². The number of esters is 1. The fourth-order valence-electron chi connectivity index (χ4n) is 5.70. The molecule has 45 heavy (non-hydrogen) atoms. The number of para-hydroxylation sites is 1. The molecule has 2 N–H and O–H groups in total. The van der Waals surface area contributed by atoms with Gasteiger partial charge in [-0.25, -0.2) is 4.79 Å². The van der Waals surface area contributed by atoms with Gasteiger partial charge in [0, 0.05) is 40.5 Å². The van der Waals surface area contributed by atoms with Crippen molar-refractivity contribution >= 4 is 34.4 Å². The SMILES string of the molecule is CCOC(=O)c1ccnc(CNC(=O)c2[nH]c3c(-c4c(C)nn(C)c4C)cccc3c2CCCOc2cc(C)c(Cl)c(C)c2)c1. The first-order chi connectivity index (χ1) is 21.6. The van der Waals surface area contributed by atoms with Gasteiger partial charge in [-0.1, -0.05) is 29.8 Å². The molecule has 0 bridgehead atoms. The lowest BCUT2D eigenvalue weighted by Gasteiger charge is -2.11. The number of rotatable bonds is 11. The van der Waals surface area contributed by atoms with E-state index in [1.54, 1.807) is 19.1 Å². The van der Waals surface area contributed by atoms with E-state index in [-0.39, 0.29) is 19.1 Å². The molecule has 3 heterocycles. The maximum absolute atomic E-state index is 13.8. The van der Waals surface area contributed by atoms with Crippen LogP contribution >= 0.6 is 11.6 Å². The van der Waals surface area contributed by atoms with E-state index in [4.69, 9.17) is 21.1 Å². The monoisotopic (exact) mass is 627 g/mol. The number of ether oxygens (including phenoxy) is 2. The van der Waals surface area contributed by atoms with Crippen LogP contribution in [0.5, 0.6) is 5.75 Å². The maximum atomic E-state index is 13.8. The Bertz CT molecular complexity index is 1870. The number of aromatic nitrogens is 4. The quantitative estimate of drug-likeness (QED) is 0.121. The zero-order chi connectivity index (χ0) is 32.2. The van der Waals surface area contributed by atoms with Gasteiger partial charge in [0.15, 0.2) is 0 Å². The van der Waals surface area contributed by atoms with Crippen molar-refractivity contribution in [2.75, 3.05) is 13.2 Å². The summed E-state index contributed by atoms with van der Waals surface area (Å²) >= 11 is 6.33. The van der Waals surface area contributed by atoms with Crippen LogP contribution < -0.4 is 10.1 Å². The second kappa shape index (κ2) is 13.6. The van der Waals surface area contributed by atoms with Crippen molar-refractivity contribution in [2.24, 2.45) is 7.05 Å². The molecule has 0 unspecified atom stereocenters. The summed E-state index contributed by atoms with van der Waals surface area (Å²) < 4.78 is 13.1. The Morgan fingerprint density at radius 3 is 2.51 bits per heavy atom. The highest BCUT2D eigenvalue weighted by atomic mass is 35.5. The second-order valence-electron chi connectivity index (χ2n) is 11.1. The minimum absolute atomic E-state index is 0.146. The fraction of sp³-hybridized carbons (Fsp3) is 0.314. The molecule has 0 spiro atoms. The zero-order valence-electron chi connectivity index (χ0n) is 26.5. The van der Waals surface area contributed by atoms with E-state index in [1.807, 2.05) is 63.7 Å². The number of nitrogens with one attached hydrogen (secondary N) is 2. The molecule has 1 amide bonds. The van der Waals surface area contributed by atoms with Gasteiger partial charge in [0.25, 0.3) is 5.91 Å². The molecule has 0 fully saturated rings. The number of carbonyl (C=O) groups excluding carboxylic acids is 2. The molecule has 0 aliphatic rings. The molecule has 234 valence electrons. The van der Waals surface area contributed by atoms with Crippen LogP contribution in [-0.4, -0.2) is 44.8 Å². The molecule has 0 saturated carbocycles. The van der Waals surface area contributed by atoms with E-state index in [0.717, 1.165) is 60.9 Å². The number of aromatic amines is 1. The number of hydrogen-bond acceptors (Lipinski definition) is 6. The van der Waals surface area contributed by atoms with Crippen molar-refractivity contribution in [1.29, 1.82) is 0 Å². The predicted molar refractivity (Wildman–Crippen MR) is 176 cm³/mol. The highest BCUT2D eigenvalue weighted by Gasteiger charge is 2.22. The van der Waals surface area contributed by atoms with Crippen LogP contribution in [-0.2, 0) is 24.8 Å². The number of fused-ring (bicyclic) bond motifs is 1. The fourth-order valence-corrected chi connectivity index (χ4v) is 5.81. The molecule has 3 aromatic heterocycles. The van der Waals surface area contributed by atoms with E-state index in [2.05, 4.69) is 26.4 Å². The van der Waals surface area contributed by atoms with Crippen LogP contribution in [0.4, 0.5) is 0 Å². The third-order valence-corrected chi connectivity index (χ3v) is 8.55. The summed E-state index contributed by atoms with van der Waals surface area (Å²) in [6.07, 6.45) is 2.84. The lowest BCUT2D eigenvalue weighted by Crippen LogP contribution is -2.25.